The summed E-state index contributed by atoms with van der Waals surface area (Å²) in [6, 6.07) is 15.3. The fourth-order valence-corrected chi connectivity index (χ4v) is 4.24. The van der Waals surface area contributed by atoms with Crippen molar-refractivity contribution in [3.05, 3.63) is 59.7 Å². The Kier molecular flexibility index (Phi) is 4.97. The Morgan fingerprint density at radius 2 is 1.63 bits per heavy atom. The smallest absolute Gasteiger partial charge is 0.407 e. The van der Waals surface area contributed by atoms with Gasteiger partial charge in [0.05, 0.1) is 5.41 Å². The molecular formula is C23H24N2O5. The molecule has 30 heavy (non-hydrogen) atoms. The molecule has 1 atom stereocenters. The van der Waals surface area contributed by atoms with E-state index in [0.29, 0.717) is 0 Å². The summed E-state index contributed by atoms with van der Waals surface area (Å²) in [5.74, 6) is -1.30. The van der Waals surface area contributed by atoms with Gasteiger partial charge in [-0.25, -0.2) is 4.79 Å². The van der Waals surface area contributed by atoms with Crippen molar-refractivity contribution in [3.63, 3.8) is 0 Å². The maximum Gasteiger partial charge on any atom is 0.407 e. The Bertz CT molecular complexity index is 967. The van der Waals surface area contributed by atoms with Crippen LogP contribution in [0.2, 0.25) is 0 Å². The fraction of sp³-hybridized carbons (Fsp3) is 0.348. The van der Waals surface area contributed by atoms with E-state index in [-0.39, 0.29) is 31.5 Å². The Morgan fingerprint density at radius 1 is 1.10 bits per heavy atom. The third-order valence-electron chi connectivity index (χ3n) is 5.96. The molecule has 7 heteroatoms. The van der Waals surface area contributed by atoms with E-state index in [4.69, 9.17) is 9.84 Å². The minimum atomic E-state index is -0.927. The second kappa shape index (κ2) is 7.48. The van der Waals surface area contributed by atoms with Crippen LogP contribution in [0.25, 0.3) is 11.1 Å². The molecule has 0 aromatic heterocycles. The summed E-state index contributed by atoms with van der Waals surface area (Å²) in [4.78, 5) is 37.3. The predicted molar refractivity (Wildman–Crippen MR) is 110 cm³/mol. The number of likely N-dealkylation sites (tertiary alicyclic amines) is 1. The van der Waals surface area contributed by atoms with Crippen molar-refractivity contribution in [1.29, 1.82) is 0 Å². The molecule has 1 aliphatic carbocycles. The van der Waals surface area contributed by atoms with Crippen LogP contribution in [0.1, 0.15) is 30.9 Å². The number of benzene rings is 2. The van der Waals surface area contributed by atoms with E-state index in [2.05, 4.69) is 17.4 Å². The van der Waals surface area contributed by atoms with Crippen molar-refractivity contribution in [1.82, 2.24) is 10.2 Å². The van der Waals surface area contributed by atoms with Crippen molar-refractivity contribution >= 4 is 18.0 Å². The highest BCUT2D eigenvalue weighted by Gasteiger charge is 2.48. The van der Waals surface area contributed by atoms with E-state index >= 15 is 0 Å². The lowest BCUT2D eigenvalue weighted by Gasteiger charge is -2.45. The SMILES string of the molecule is C[C@@H](NC(=O)OCC1c2ccccc2-c2ccccc21)C(=O)N1CC(C)(C(=O)O)C1. The number of aliphatic carboxylic acids is 1. The minimum Gasteiger partial charge on any atom is -0.481 e. The first kappa shape index (κ1) is 19.9. The summed E-state index contributed by atoms with van der Waals surface area (Å²) in [6.45, 7) is 3.61. The molecule has 4 rings (SSSR count). The summed E-state index contributed by atoms with van der Waals surface area (Å²) in [6.07, 6.45) is -0.667. The maximum atomic E-state index is 12.4. The molecular weight excluding hydrogens is 384 g/mol. The summed E-state index contributed by atoms with van der Waals surface area (Å²) < 4.78 is 5.46. The lowest BCUT2D eigenvalue weighted by molar-refractivity contribution is -0.164. The third kappa shape index (κ3) is 3.40. The number of rotatable bonds is 5. The van der Waals surface area contributed by atoms with Crippen molar-refractivity contribution in [2.24, 2.45) is 5.41 Å². The predicted octanol–water partition coefficient (Wildman–Crippen LogP) is 2.85. The van der Waals surface area contributed by atoms with Gasteiger partial charge in [0.25, 0.3) is 0 Å². The number of carbonyl (C=O) groups excluding carboxylic acids is 2. The van der Waals surface area contributed by atoms with E-state index in [0.717, 1.165) is 22.3 Å². The van der Waals surface area contributed by atoms with Crippen LogP contribution in [0.5, 0.6) is 0 Å². The normalized spacial score (nSPS) is 17.3. The lowest BCUT2D eigenvalue weighted by Crippen LogP contribution is -2.63. The summed E-state index contributed by atoms with van der Waals surface area (Å²) in [5, 5.41) is 11.7. The monoisotopic (exact) mass is 408 g/mol. The lowest BCUT2D eigenvalue weighted by atomic mass is 9.82. The number of amides is 2. The number of nitrogens with zero attached hydrogens (tertiary/aromatic N) is 1. The molecule has 0 radical (unpaired) electrons. The number of carbonyl (C=O) groups is 3. The van der Waals surface area contributed by atoms with E-state index in [9.17, 15) is 14.4 Å². The van der Waals surface area contributed by atoms with Gasteiger partial charge in [0, 0.05) is 19.0 Å². The highest BCUT2D eigenvalue weighted by molar-refractivity contribution is 5.88. The topological polar surface area (TPSA) is 95.9 Å². The number of ether oxygens (including phenoxy) is 1. The van der Waals surface area contributed by atoms with Crippen LogP contribution in [0.15, 0.2) is 48.5 Å². The van der Waals surface area contributed by atoms with Gasteiger partial charge in [-0.3, -0.25) is 9.59 Å². The minimum absolute atomic E-state index is 0.0548. The third-order valence-corrected chi connectivity index (χ3v) is 5.96. The molecule has 0 bridgehead atoms. The molecule has 2 aliphatic rings. The Morgan fingerprint density at radius 3 is 2.17 bits per heavy atom. The first-order valence-corrected chi connectivity index (χ1v) is 9.94. The zero-order chi connectivity index (χ0) is 21.5. The molecule has 0 unspecified atom stereocenters. The molecule has 1 fully saturated rings. The molecule has 2 amide bonds. The molecule has 2 aromatic carbocycles. The number of hydrogen-bond acceptors (Lipinski definition) is 4. The van der Waals surface area contributed by atoms with Crippen LogP contribution in [0.3, 0.4) is 0 Å². The van der Waals surface area contributed by atoms with E-state index in [1.165, 1.54) is 4.90 Å². The Balaban J connectivity index is 1.34. The second-order valence-corrected chi connectivity index (χ2v) is 8.25. The largest absolute Gasteiger partial charge is 0.481 e. The molecule has 2 aromatic rings. The highest BCUT2D eigenvalue weighted by atomic mass is 16.5. The van der Waals surface area contributed by atoms with Gasteiger partial charge in [0.2, 0.25) is 5.91 Å². The van der Waals surface area contributed by atoms with Gasteiger partial charge in [-0.2, -0.15) is 0 Å². The van der Waals surface area contributed by atoms with E-state index in [1.807, 2.05) is 36.4 Å². The summed E-state index contributed by atoms with van der Waals surface area (Å²) >= 11 is 0. The molecule has 0 spiro atoms. The van der Waals surface area contributed by atoms with Crippen LogP contribution < -0.4 is 5.32 Å². The average Bonchev–Trinajstić information content (AvgIpc) is 3.03. The molecule has 2 N–H and O–H groups in total. The molecule has 1 saturated heterocycles. The quantitative estimate of drug-likeness (QED) is 0.793. The zero-order valence-electron chi connectivity index (χ0n) is 16.9. The van der Waals surface area contributed by atoms with Crippen LogP contribution in [0, 0.1) is 5.41 Å². The van der Waals surface area contributed by atoms with Crippen LogP contribution in [-0.2, 0) is 14.3 Å². The van der Waals surface area contributed by atoms with Gasteiger partial charge in [-0.1, -0.05) is 48.5 Å². The number of alkyl carbamates (subject to hydrolysis) is 1. The average molecular weight is 408 g/mol. The summed E-state index contributed by atoms with van der Waals surface area (Å²) in [7, 11) is 0. The van der Waals surface area contributed by atoms with Crippen molar-refractivity contribution < 1.29 is 24.2 Å². The molecule has 1 aliphatic heterocycles. The number of fused-ring (bicyclic) bond motifs is 3. The van der Waals surface area contributed by atoms with Gasteiger partial charge >= 0.3 is 12.1 Å². The van der Waals surface area contributed by atoms with Crippen molar-refractivity contribution in [2.45, 2.75) is 25.8 Å². The standard InChI is InChI=1S/C23H24N2O5/c1-14(20(26)25-12-23(2,13-25)21(27)28)24-22(29)30-11-19-17-9-5-3-7-15(17)16-8-4-6-10-18(16)19/h3-10,14,19H,11-13H2,1-2H3,(H,24,29)(H,27,28)/t14-/m1/s1. The maximum absolute atomic E-state index is 12.4. The first-order chi connectivity index (χ1) is 14.3. The molecule has 156 valence electrons. The fourth-order valence-electron chi connectivity index (χ4n) is 4.24. The van der Waals surface area contributed by atoms with Crippen molar-refractivity contribution in [2.75, 3.05) is 19.7 Å². The molecule has 0 saturated carbocycles. The number of carboxylic acids is 1. The van der Waals surface area contributed by atoms with Gasteiger partial charge in [0.1, 0.15) is 12.6 Å². The van der Waals surface area contributed by atoms with Crippen LogP contribution in [-0.4, -0.2) is 53.7 Å². The van der Waals surface area contributed by atoms with Gasteiger partial charge < -0.3 is 20.1 Å². The number of nitrogens with one attached hydrogen (secondary N) is 1. The second-order valence-electron chi connectivity index (χ2n) is 8.25. The molecule has 1 heterocycles. The van der Waals surface area contributed by atoms with Gasteiger partial charge in [-0.05, 0) is 36.1 Å². The summed E-state index contributed by atoms with van der Waals surface area (Å²) in [5.41, 5.74) is 3.60. The Hall–Kier alpha value is -3.35. The van der Waals surface area contributed by atoms with E-state index < -0.39 is 23.5 Å². The van der Waals surface area contributed by atoms with Crippen LogP contribution in [0.4, 0.5) is 4.79 Å². The van der Waals surface area contributed by atoms with Gasteiger partial charge in [0.15, 0.2) is 0 Å². The highest BCUT2D eigenvalue weighted by Crippen LogP contribution is 2.44. The van der Waals surface area contributed by atoms with E-state index in [1.54, 1.807) is 13.8 Å². The number of carboxylic acid groups (broad SMARTS) is 1. The Labute approximate surface area is 174 Å². The van der Waals surface area contributed by atoms with Crippen LogP contribution >= 0.6 is 0 Å². The first-order valence-electron chi connectivity index (χ1n) is 9.94. The zero-order valence-corrected chi connectivity index (χ0v) is 16.9. The number of hydrogen-bond donors (Lipinski definition) is 2. The molecule has 7 nitrogen and oxygen atoms in total. The van der Waals surface area contributed by atoms with Crippen molar-refractivity contribution in [3.8, 4) is 11.1 Å². The van der Waals surface area contributed by atoms with Gasteiger partial charge in [-0.15, -0.1) is 0 Å².